The first kappa shape index (κ1) is 80.0. The van der Waals surface area contributed by atoms with Gasteiger partial charge >= 0.3 is 5.97 Å². The van der Waals surface area contributed by atoms with Crippen LogP contribution >= 0.6 is 35.0 Å². The predicted octanol–water partition coefficient (Wildman–Crippen LogP) is 0.693. The van der Waals surface area contributed by atoms with Crippen LogP contribution in [-0.4, -0.2) is 200 Å². The van der Waals surface area contributed by atoms with Crippen LogP contribution in [0, 0.1) is 12.8 Å². The molecule has 5 aromatic carbocycles. The average Bonchev–Trinajstić information content (AvgIpc) is 0.766. The Kier molecular flexibility index (Phi) is 24.0. The van der Waals surface area contributed by atoms with Crippen molar-refractivity contribution in [3.05, 3.63) is 133 Å². The summed E-state index contributed by atoms with van der Waals surface area (Å²) in [5.74, 6) is -16.5. The molecule has 582 valence electrons. The van der Waals surface area contributed by atoms with Gasteiger partial charge in [0.05, 0.1) is 40.8 Å². The minimum absolute atomic E-state index is 0.0190. The Morgan fingerprint density at radius 1 is 0.734 bits per heavy atom. The summed E-state index contributed by atoms with van der Waals surface area (Å²) in [6, 6.07) is -0.770. The third-order valence-electron chi connectivity index (χ3n) is 18.8. The number of carbonyl (C=O) groups excluding carboxylic acids is 7. The number of aromatic hydroxyl groups is 3. The number of aromatic nitrogens is 3. The molecule has 8 heterocycles. The molecular weight excluding hydrogens is 1500 g/mol. The summed E-state index contributed by atoms with van der Waals surface area (Å²) in [5.41, 5.74) is 7.45. The summed E-state index contributed by atoms with van der Waals surface area (Å²) < 4.78 is 39.4. The summed E-state index contributed by atoms with van der Waals surface area (Å²) >= 11 is 15.1. The molecule has 36 nitrogen and oxygen atoms in total. The van der Waals surface area contributed by atoms with Crippen molar-refractivity contribution in [3.63, 3.8) is 0 Å². The number of aliphatic hydroxyl groups is 5. The number of carbonyl (C=O) groups is 8. The number of likely N-dealkylation sites (N-methyl/N-ethyl adjacent to an activating group) is 1. The van der Waals surface area contributed by atoms with E-state index in [9.17, 15) is 74.7 Å². The molecule has 6 aromatic rings. The number of primary amides is 1. The number of H-pyrrole nitrogens is 1. The Morgan fingerprint density at radius 2 is 1.36 bits per heavy atom. The van der Waals surface area contributed by atoms with Crippen molar-refractivity contribution in [2.24, 2.45) is 17.4 Å². The van der Waals surface area contributed by atoms with Crippen molar-refractivity contribution in [2.45, 2.75) is 168 Å². The van der Waals surface area contributed by atoms with E-state index in [0.29, 0.717) is 0 Å². The highest BCUT2D eigenvalue weighted by Crippen LogP contribution is 2.50. The third-order valence-corrected chi connectivity index (χ3v) is 20.4. The molecule has 7 amide bonds. The third kappa shape index (κ3) is 17.4. The Balaban J connectivity index is 1.16. The van der Waals surface area contributed by atoms with Gasteiger partial charge in [0.25, 0.3) is 5.56 Å². The van der Waals surface area contributed by atoms with Crippen molar-refractivity contribution < 1.29 is 113 Å². The number of rotatable bonds is 15. The van der Waals surface area contributed by atoms with Crippen molar-refractivity contribution in [3.8, 4) is 57.1 Å². The van der Waals surface area contributed by atoms with E-state index in [1.54, 1.807) is 0 Å². The van der Waals surface area contributed by atoms with Crippen molar-refractivity contribution in [2.75, 3.05) is 12.8 Å². The van der Waals surface area contributed by atoms with Gasteiger partial charge in [-0.05, 0) is 117 Å². The zero-order valence-corrected chi connectivity index (χ0v) is 60.9. The lowest BCUT2D eigenvalue weighted by Gasteiger charge is -2.47. The number of carboxylic acids is 1. The number of benzene rings is 5. The molecule has 21 N–H and O–H groups in total. The Morgan fingerprint density at radius 3 is 1.96 bits per heavy atom. The summed E-state index contributed by atoms with van der Waals surface area (Å²) in [5, 5.41) is 129. The second kappa shape index (κ2) is 32.7. The number of nitrogens with zero attached hydrogens (tertiary/aromatic N) is 2. The second-order valence-corrected chi connectivity index (χ2v) is 29.2. The van der Waals surface area contributed by atoms with Gasteiger partial charge in [0.15, 0.2) is 35.1 Å². The highest BCUT2D eigenvalue weighted by molar-refractivity contribution is 7.99. The Hall–Kier alpha value is -10.00. The van der Waals surface area contributed by atoms with E-state index in [0.717, 1.165) is 78.5 Å². The Labute approximate surface area is 632 Å². The highest BCUT2D eigenvalue weighted by Gasteiger charge is 2.52. The quantitative estimate of drug-likeness (QED) is 0.0629. The minimum Gasteiger partial charge on any atom is -0.508 e. The summed E-state index contributed by atoms with van der Waals surface area (Å²) in [6.07, 6.45) is -18.6. The number of hydrogen-bond donors (Lipinski definition) is 19. The molecule has 0 aliphatic carbocycles. The number of phenolic OH excluding ortho intramolecular Hbond substituents is 3. The largest absolute Gasteiger partial charge is 0.508 e. The first-order valence-electron chi connectivity index (χ1n) is 33.9. The molecule has 0 spiro atoms. The first-order chi connectivity index (χ1) is 51.5. The van der Waals surface area contributed by atoms with E-state index < -0.39 is 236 Å². The molecule has 39 heteroatoms. The lowest BCUT2D eigenvalue weighted by Crippen LogP contribution is -2.64. The number of aryl methyl sites for hydroxylation is 1. The zero-order chi connectivity index (χ0) is 79.1. The predicted molar refractivity (Wildman–Crippen MR) is 380 cm³/mol. The van der Waals surface area contributed by atoms with Crippen LogP contribution in [0.1, 0.15) is 111 Å². The molecule has 2 fully saturated rings. The molecule has 1 aromatic heterocycles. The molecule has 7 aliphatic rings. The molecule has 0 radical (unpaired) electrons. The van der Waals surface area contributed by atoms with Gasteiger partial charge in [0, 0.05) is 40.5 Å². The maximum absolute atomic E-state index is 16.2. The molecule has 2 unspecified atom stereocenters. The van der Waals surface area contributed by atoms with Crippen LogP contribution in [0.4, 0.5) is 0 Å². The number of aromatic amines is 1. The topological polar surface area (TPSA) is 569 Å². The molecule has 11 bridgehead atoms. The number of nitrogens with one attached hydrogen (secondary N) is 8. The minimum atomic E-state index is -2.37. The monoisotopic (exact) mass is 1570 g/mol. The summed E-state index contributed by atoms with van der Waals surface area (Å²) in [4.78, 5) is 133. The summed E-state index contributed by atoms with van der Waals surface area (Å²) in [6.45, 7) is 8.04. The molecule has 109 heavy (non-hydrogen) atoms. The van der Waals surface area contributed by atoms with Crippen LogP contribution < -0.4 is 68.5 Å². The number of thioether (sulfide) groups is 1. The fourth-order valence-corrected chi connectivity index (χ4v) is 14.4. The number of aliphatic hydroxyl groups excluding tert-OH is 5. The number of phenols is 3. The van der Waals surface area contributed by atoms with Gasteiger partial charge in [-0.3, -0.25) is 43.3 Å². The van der Waals surface area contributed by atoms with Crippen LogP contribution in [0.25, 0.3) is 11.1 Å². The number of amides is 7. The molecule has 13 rings (SSSR count). The van der Waals surface area contributed by atoms with Crippen molar-refractivity contribution in [1.82, 2.24) is 52.4 Å². The van der Waals surface area contributed by atoms with Gasteiger partial charge in [-0.15, -0.1) is 10.2 Å². The van der Waals surface area contributed by atoms with E-state index in [1.807, 2.05) is 13.8 Å². The first-order valence-corrected chi connectivity index (χ1v) is 35.6. The second-order valence-electron chi connectivity index (χ2n) is 27.4. The summed E-state index contributed by atoms with van der Waals surface area (Å²) in [7, 11) is 1.47. The van der Waals surface area contributed by atoms with Crippen LogP contribution in [0.15, 0.2) is 88.8 Å². The average molecular weight is 1570 g/mol. The van der Waals surface area contributed by atoms with Gasteiger partial charge < -0.3 is 123 Å². The van der Waals surface area contributed by atoms with E-state index >= 15 is 14.4 Å². The zero-order valence-electron chi connectivity index (χ0n) is 58.6. The molecule has 18 atom stereocenters. The van der Waals surface area contributed by atoms with Gasteiger partial charge in [-0.1, -0.05) is 67.0 Å². The molecular formula is C70H78Cl2N12O24S. The fraction of sp³-hybridized carbons (Fsp3) is 0.414. The molecule has 0 saturated carbocycles. The maximum Gasteiger partial charge on any atom is 0.330 e. The van der Waals surface area contributed by atoms with Crippen LogP contribution in [-0.2, 0) is 52.6 Å². The SMILES string of the molecule is CN[C@H](CC(C)C)C(=O)N[C@H]1C(=O)N[C@@H](CC(N)=O)C(=O)NC2C(=O)N[C@H]3C(=O)NC(C(=O)N[C@H](C(=O)O)c4cc(O)cc(O)c4-c4cc3ccc4O)[C@H](O)c3ccc(c(Cl)c3)Oc3cc2cc(c3O[C@@H]2O[C@H](CSc3nnc(C)c(=O)[nH]3)[C@@H](O)[C@H](O)[C@H]2O[C@H]2C[C@](C)(N)[C@H](O)[C@H](C)O2)Oc2ccc(cc2Cl)[C@H]1O. The van der Waals surface area contributed by atoms with E-state index in [2.05, 4.69) is 52.4 Å². The van der Waals surface area contributed by atoms with Gasteiger partial charge in [-0.25, -0.2) is 4.79 Å². The van der Waals surface area contributed by atoms with E-state index in [1.165, 1.54) is 40.0 Å². The standard InChI is InChI=1S/C70H78Cl2N12O24S/c1-24(2)13-36(75-6)61(95)80-51-53(89)28-8-11-40(34(71)15-28)104-42-17-30-18-43(57(42)108-68-58(107-46-22-70(5,74)59(93)26(4)103-46)56(92)55(91)44(106-68)23-109-69-82-60(94)25(3)83-84-69)105-41-12-9-29(16-35(41)72)54(90)52-66(100)79-50(67(101)102)33-19-31(85)20-39(87)47(33)32-14-27(7-10-38(32)86)48(63(97)81-52)78-64(98)49(30)77-62(96)37(21-45(73)88)76-65(51)99/h7-12,14-20,24,26,36-37,44,46,48-56,58-59,68,75,85-87,89-93H,13,21-23,74H2,1-6H3,(H2,73,88)(H,76,99)(H,77,96)(H,78,98)(H,79,100)(H,80,95)(H,81,97)(H,101,102)(H,82,84,94)/t26-,36+,37-,44+,46-,48+,49?,50-,51+,52?,53+,54+,55+,56-,58+,59+,68-,70-/m0/s1. The number of nitrogens with two attached hydrogens (primary N) is 2. The van der Waals surface area contributed by atoms with Crippen molar-refractivity contribution in [1.29, 1.82) is 0 Å². The maximum atomic E-state index is 16.2. The van der Waals surface area contributed by atoms with Gasteiger partial charge in [-0.2, -0.15) is 0 Å². The number of carboxylic acid groups (broad SMARTS) is 1. The Bertz CT molecular complexity index is 4640. The molecule has 2 saturated heterocycles. The lowest BCUT2D eigenvalue weighted by atomic mass is 9.86. The number of halogens is 2. The number of hydrogen-bond acceptors (Lipinski definition) is 28. The molecule has 7 aliphatic heterocycles. The number of aliphatic carboxylic acids is 1. The van der Waals surface area contributed by atoms with Gasteiger partial charge in [0.2, 0.25) is 53.4 Å². The van der Waals surface area contributed by atoms with E-state index in [4.69, 9.17) is 63.1 Å². The van der Waals surface area contributed by atoms with Gasteiger partial charge in [0.1, 0.15) is 89.1 Å². The van der Waals surface area contributed by atoms with Crippen LogP contribution in [0.5, 0.6) is 46.0 Å². The highest BCUT2D eigenvalue weighted by atomic mass is 35.5. The van der Waals surface area contributed by atoms with Crippen LogP contribution in [0.3, 0.4) is 0 Å². The van der Waals surface area contributed by atoms with Crippen molar-refractivity contribution >= 4 is 82.3 Å². The number of ether oxygens (including phenoxy) is 6. The normalized spacial score (nSPS) is 28.1. The van der Waals surface area contributed by atoms with Crippen LogP contribution in [0.2, 0.25) is 10.0 Å². The van der Waals surface area contributed by atoms with E-state index in [-0.39, 0.29) is 62.8 Å². The number of fused-ring (bicyclic) bond motifs is 15. The fourth-order valence-electron chi connectivity index (χ4n) is 13.1. The lowest BCUT2D eigenvalue weighted by molar-refractivity contribution is -0.329. The smallest absolute Gasteiger partial charge is 0.330 e.